The zero-order valence-corrected chi connectivity index (χ0v) is 18.3. The number of ether oxygens (including phenoxy) is 2. The lowest BCUT2D eigenvalue weighted by atomic mass is 10.2. The number of halogens is 2. The summed E-state index contributed by atoms with van der Waals surface area (Å²) >= 11 is 0. The highest BCUT2D eigenvalue weighted by molar-refractivity contribution is 5.95. The summed E-state index contributed by atoms with van der Waals surface area (Å²) in [7, 11) is 0. The minimum absolute atomic E-state index is 0.149. The third-order valence-corrected chi connectivity index (χ3v) is 4.56. The average Bonchev–Trinajstić information content (AvgIpc) is 2.80. The molecule has 0 saturated carbocycles. The van der Waals surface area contributed by atoms with Crippen LogP contribution in [-0.4, -0.2) is 30.9 Å². The first-order valence-electron chi connectivity index (χ1n) is 10.3. The predicted octanol–water partition coefficient (Wildman–Crippen LogP) is 4.37. The van der Waals surface area contributed by atoms with Crippen LogP contribution in [0.15, 0.2) is 66.7 Å². The predicted molar refractivity (Wildman–Crippen MR) is 121 cm³/mol. The van der Waals surface area contributed by atoms with Crippen LogP contribution in [0.1, 0.15) is 22.3 Å². The molecule has 2 N–H and O–H groups in total. The normalized spacial score (nSPS) is 10.3. The molecule has 0 aliphatic heterocycles. The Morgan fingerprint density at radius 2 is 1.68 bits per heavy atom. The van der Waals surface area contributed by atoms with Gasteiger partial charge in [-0.05, 0) is 43.3 Å². The number of anilines is 1. The van der Waals surface area contributed by atoms with Crippen molar-refractivity contribution in [1.29, 1.82) is 0 Å². The summed E-state index contributed by atoms with van der Waals surface area (Å²) in [6, 6.07) is 16.8. The largest absolute Gasteiger partial charge is 0.456 e. The Labute approximate surface area is 194 Å². The Hall–Kier alpha value is -4.27. The summed E-state index contributed by atoms with van der Waals surface area (Å²) in [5, 5.41) is 4.95. The van der Waals surface area contributed by atoms with Gasteiger partial charge in [-0.1, -0.05) is 29.8 Å². The number of nitrogens with one attached hydrogen (secondary N) is 2. The van der Waals surface area contributed by atoms with Gasteiger partial charge < -0.3 is 20.1 Å². The van der Waals surface area contributed by atoms with E-state index in [1.54, 1.807) is 36.4 Å². The maximum atomic E-state index is 13.6. The third kappa shape index (κ3) is 7.13. The Balaban J connectivity index is 1.44. The minimum Gasteiger partial charge on any atom is -0.456 e. The molecule has 0 saturated heterocycles. The molecule has 0 radical (unpaired) electrons. The second-order valence-corrected chi connectivity index (χ2v) is 7.25. The number of amides is 2. The Morgan fingerprint density at radius 1 is 0.941 bits per heavy atom. The van der Waals surface area contributed by atoms with E-state index in [2.05, 4.69) is 10.6 Å². The molecular formula is C25H22F2N2O5. The fraction of sp³-hybridized carbons (Fsp3) is 0.160. The van der Waals surface area contributed by atoms with Crippen LogP contribution in [0.5, 0.6) is 11.5 Å². The number of benzene rings is 3. The van der Waals surface area contributed by atoms with E-state index < -0.39 is 36.0 Å². The smallest absolute Gasteiger partial charge is 0.308 e. The van der Waals surface area contributed by atoms with E-state index in [4.69, 9.17) is 9.47 Å². The molecule has 7 nitrogen and oxygen atoms in total. The van der Waals surface area contributed by atoms with Gasteiger partial charge in [-0.25, -0.2) is 8.78 Å². The van der Waals surface area contributed by atoms with Crippen molar-refractivity contribution >= 4 is 23.5 Å². The molecule has 0 unspecified atom stereocenters. The summed E-state index contributed by atoms with van der Waals surface area (Å²) in [6.45, 7) is 1.26. The van der Waals surface area contributed by atoms with E-state index in [0.29, 0.717) is 23.3 Å². The summed E-state index contributed by atoms with van der Waals surface area (Å²) < 4.78 is 37.2. The van der Waals surface area contributed by atoms with Crippen molar-refractivity contribution in [2.75, 3.05) is 18.5 Å². The number of hydrogen-bond acceptors (Lipinski definition) is 5. The van der Waals surface area contributed by atoms with Crippen LogP contribution in [0, 0.1) is 18.6 Å². The lowest BCUT2D eigenvalue weighted by molar-refractivity contribution is -0.147. The Bertz CT molecular complexity index is 1180. The maximum Gasteiger partial charge on any atom is 0.308 e. The van der Waals surface area contributed by atoms with Gasteiger partial charge in [0.2, 0.25) is 0 Å². The summed E-state index contributed by atoms with van der Waals surface area (Å²) in [6.07, 6.45) is -0.241. The second-order valence-electron chi connectivity index (χ2n) is 7.25. The Kier molecular flexibility index (Phi) is 8.28. The van der Waals surface area contributed by atoms with Crippen molar-refractivity contribution in [3.63, 3.8) is 0 Å². The molecule has 0 aromatic heterocycles. The number of rotatable bonds is 9. The number of carbonyl (C=O) groups is 3. The quantitative estimate of drug-likeness (QED) is 0.455. The van der Waals surface area contributed by atoms with Crippen LogP contribution >= 0.6 is 0 Å². The van der Waals surface area contributed by atoms with Gasteiger partial charge in [-0.2, -0.15) is 0 Å². The lowest BCUT2D eigenvalue weighted by Gasteiger charge is -2.12. The third-order valence-electron chi connectivity index (χ3n) is 4.56. The molecule has 0 heterocycles. The van der Waals surface area contributed by atoms with Gasteiger partial charge >= 0.3 is 5.97 Å². The molecule has 0 aliphatic rings. The van der Waals surface area contributed by atoms with Crippen LogP contribution in [-0.2, 0) is 14.3 Å². The van der Waals surface area contributed by atoms with Crippen molar-refractivity contribution in [1.82, 2.24) is 5.32 Å². The molecule has 34 heavy (non-hydrogen) atoms. The molecule has 0 bridgehead atoms. The van der Waals surface area contributed by atoms with Crippen molar-refractivity contribution in [3.8, 4) is 11.5 Å². The van der Waals surface area contributed by atoms with Crippen molar-refractivity contribution < 1.29 is 32.6 Å². The highest BCUT2D eigenvalue weighted by Crippen LogP contribution is 2.29. The molecule has 9 heteroatoms. The van der Waals surface area contributed by atoms with E-state index in [1.165, 1.54) is 0 Å². The summed E-state index contributed by atoms with van der Waals surface area (Å²) in [4.78, 5) is 36.0. The van der Waals surface area contributed by atoms with Crippen molar-refractivity contribution in [3.05, 3.63) is 89.5 Å². The SMILES string of the molecule is Cc1ccc(Oc2ccccc2NC(=O)COC(=O)CCNC(=O)c2ccc(F)cc2F)cc1. The topological polar surface area (TPSA) is 93.7 Å². The maximum absolute atomic E-state index is 13.6. The van der Waals surface area contributed by atoms with Crippen LogP contribution in [0.25, 0.3) is 0 Å². The molecule has 0 spiro atoms. The minimum atomic E-state index is -1.01. The molecular weight excluding hydrogens is 446 g/mol. The van der Waals surface area contributed by atoms with Crippen molar-refractivity contribution in [2.45, 2.75) is 13.3 Å². The van der Waals surface area contributed by atoms with Gasteiger partial charge in [0.25, 0.3) is 11.8 Å². The molecule has 3 rings (SSSR count). The van der Waals surface area contributed by atoms with E-state index in [0.717, 1.165) is 17.7 Å². The number of esters is 1. The second kappa shape index (κ2) is 11.6. The lowest BCUT2D eigenvalue weighted by Crippen LogP contribution is -2.28. The zero-order valence-electron chi connectivity index (χ0n) is 18.3. The van der Waals surface area contributed by atoms with Crippen molar-refractivity contribution in [2.24, 2.45) is 0 Å². The van der Waals surface area contributed by atoms with Gasteiger partial charge in [-0.15, -0.1) is 0 Å². The molecule has 3 aromatic rings. The van der Waals surface area contributed by atoms with Crippen LogP contribution in [0.4, 0.5) is 14.5 Å². The zero-order chi connectivity index (χ0) is 24.5. The first kappa shape index (κ1) is 24.4. The fourth-order valence-corrected chi connectivity index (χ4v) is 2.84. The molecule has 0 aliphatic carbocycles. The fourth-order valence-electron chi connectivity index (χ4n) is 2.84. The van der Waals surface area contributed by atoms with Crippen LogP contribution in [0.3, 0.4) is 0 Å². The van der Waals surface area contributed by atoms with E-state index in [9.17, 15) is 23.2 Å². The number of para-hydroxylation sites is 2. The van der Waals surface area contributed by atoms with E-state index >= 15 is 0 Å². The van der Waals surface area contributed by atoms with Gasteiger partial charge in [0.15, 0.2) is 12.4 Å². The average molecular weight is 468 g/mol. The van der Waals surface area contributed by atoms with Gasteiger partial charge in [0.05, 0.1) is 17.7 Å². The summed E-state index contributed by atoms with van der Waals surface area (Å²) in [5.41, 5.74) is 1.14. The standard InChI is InChI=1S/C25H22F2N2O5/c1-16-6-9-18(10-7-16)34-22-5-3-2-4-21(22)29-23(30)15-33-24(31)12-13-28-25(32)19-11-8-17(26)14-20(19)27/h2-11,14H,12-13,15H2,1H3,(H,28,32)(H,29,30). The first-order valence-corrected chi connectivity index (χ1v) is 10.3. The monoisotopic (exact) mass is 468 g/mol. The highest BCUT2D eigenvalue weighted by atomic mass is 19.1. The number of carbonyl (C=O) groups excluding carboxylic acids is 3. The van der Waals surface area contributed by atoms with Crippen LogP contribution < -0.4 is 15.4 Å². The number of hydrogen-bond donors (Lipinski definition) is 2. The molecule has 176 valence electrons. The van der Waals surface area contributed by atoms with E-state index in [1.807, 2.05) is 19.1 Å². The van der Waals surface area contributed by atoms with E-state index in [-0.39, 0.29) is 18.5 Å². The van der Waals surface area contributed by atoms with Gasteiger partial charge in [0, 0.05) is 12.6 Å². The Morgan fingerprint density at radius 3 is 2.41 bits per heavy atom. The number of aryl methyl sites for hydroxylation is 1. The van der Waals surface area contributed by atoms with Gasteiger partial charge in [-0.3, -0.25) is 14.4 Å². The molecule has 0 atom stereocenters. The summed E-state index contributed by atoms with van der Waals surface area (Å²) in [5.74, 6) is -2.91. The molecule has 0 fully saturated rings. The first-order chi connectivity index (χ1) is 16.3. The molecule has 3 aromatic carbocycles. The molecule has 2 amide bonds. The van der Waals surface area contributed by atoms with Crippen LogP contribution in [0.2, 0.25) is 0 Å². The highest BCUT2D eigenvalue weighted by Gasteiger charge is 2.14. The van der Waals surface area contributed by atoms with Gasteiger partial charge in [0.1, 0.15) is 17.4 Å².